The number of anilines is 1. The molecule has 0 fully saturated rings. The van der Waals surface area contributed by atoms with Crippen molar-refractivity contribution < 1.29 is 31.1 Å². The summed E-state index contributed by atoms with van der Waals surface area (Å²) in [7, 11) is 0.161. The van der Waals surface area contributed by atoms with Crippen molar-refractivity contribution in [3.05, 3.63) is 53.3 Å². The molecule has 0 saturated carbocycles. The van der Waals surface area contributed by atoms with Crippen molar-refractivity contribution in [1.29, 1.82) is 0 Å². The molecule has 0 aliphatic carbocycles. The number of hydrogen-bond donors (Lipinski definition) is 1. The number of rotatable bonds is 6. The zero-order chi connectivity index (χ0) is 24.6. The average molecular weight is 484 g/mol. The van der Waals surface area contributed by atoms with E-state index in [-0.39, 0.29) is 22.3 Å². The molecule has 0 aliphatic heterocycles. The van der Waals surface area contributed by atoms with Gasteiger partial charge in [0.2, 0.25) is 15.9 Å². The van der Waals surface area contributed by atoms with Gasteiger partial charge in [0.05, 0.1) is 23.8 Å². The maximum Gasteiger partial charge on any atom is 0.434 e. The molecule has 176 valence electrons. The summed E-state index contributed by atoms with van der Waals surface area (Å²) in [6.45, 7) is 1.57. The molecule has 0 atom stereocenters. The van der Waals surface area contributed by atoms with Crippen LogP contribution in [0.3, 0.4) is 0 Å². The molecule has 2 aromatic heterocycles. The van der Waals surface area contributed by atoms with Crippen LogP contribution in [0, 0.1) is 6.92 Å². The van der Waals surface area contributed by atoms with Gasteiger partial charge in [-0.2, -0.15) is 18.3 Å². The topological polar surface area (TPSA) is 119 Å². The van der Waals surface area contributed by atoms with E-state index >= 15 is 0 Å². The average Bonchev–Trinajstić information content (AvgIpc) is 3.21. The maximum atomic E-state index is 13.9. The summed E-state index contributed by atoms with van der Waals surface area (Å²) in [6, 6.07) is 6.45. The Morgan fingerprint density at radius 1 is 1.15 bits per heavy atom. The summed E-state index contributed by atoms with van der Waals surface area (Å²) < 4.78 is 72.6. The standard InChI is InChI=1S/C19H19F3N6O4S/c1-11-5-6-12(33(30,31)27(2)3)9-14(11)24-18(29)13-10-23-28(17(13)19(20,21)22)15-7-8-16(32-4)26-25-15/h5-10H,1-4H3,(H,24,29). The third-order valence-electron chi connectivity index (χ3n) is 4.57. The van der Waals surface area contributed by atoms with Crippen LogP contribution in [0.5, 0.6) is 5.88 Å². The van der Waals surface area contributed by atoms with Crippen molar-refractivity contribution in [2.45, 2.75) is 18.0 Å². The van der Waals surface area contributed by atoms with Gasteiger partial charge in [-0.05, 0) is 30.7 Å². The van der Waals surface area contributed by atoms with E-state index in [1.807, 2.05) is 0 Å². The second-order valence-electron chi connectivity index (χ2n) is 6.97. The van der Waals surface area contributed by atoms with E-state index in [0.29, 0.717) is 10.2 Å². The third-order valence-corrected chi connectivity index (χ3v) is 6.38. The molecule has 1 aromatic carbocycles. The Labute approximate surface area is 187 Å². The number of aryl methyl sites for hydroxylation is 1. The summed E-state index contributed by atoms with van der Waals surface area (Å²) in [4.78, 5) is 12.7. The Kier molecular flexibility index (Phi) is 6.42. The van der Waals surface area contributed by atoms with E-state index in [1.165, 1.54) is 51.5 Å². The Hall–Kier alpha value is -3.52. The van der Waals surface area contributed by atoms with Crippen LogP contribution < -0.4 is 10.1 Å². The minimum Gasteiger partial charge on any atom is -0.480 e. The third kappa shape index (κ3) is 4.80. The van der Waals surface area contributed by atoms with Crippen LogP contribution in [0.4, 0.5) is 18.9 Å². The molecule has 33 heavy (non-hydrogen) atoms. The number of nitrogens with one attached hydrogen (secondary N) is 1. The molecule has 1 amide bonds. The van der Waals surface area contributed by atoms with Gasteiger partial charge >= 0.3 is 6.18 Å². The van der Waals surface area contributed by atoms with Gasteiger partial charge in [0.15, 0.2) is 11.5 Å². The highest BCUT2D eigenvalue weighted by Crippen LogP contribution is 2.34. The number of halogens is 3. The fraction of sp³-hybridized carbons (Fsp3) is 0.263. The van der Waals surface area contributed by atoms with E-state index in [2.05, 4.69) is 20.6 Å². The highest BCUT2D eigenvalue weighted by atomic mass is 32.2. The molecule has 3 rings (SSSR count). The number of ether oxygens (including phenoxy) is 1. The van der Waals surface area contributed by atoms with Gasteiger partial charge in [-0.1, -0.05) is 6.07 Å². The lowest BCUT2D eigenvalue weighted by molar-refractivity contribution is -0.143. The molecule has 3 aromatic rings. The number of carbonyl (C=O) groups is 1. The van der Waals surface area contributed by atoms with Crippen molar-refractivity contribution in [2.24, 2.45) is 0 Å². The Morgan fingerprint density at radius 3 is 2.39 bits per heavy atom. The van der Waals surface area contributed by atoms with E-state index in [0.717, 1.165) is 10.5 Å². The lowest BCUT2D eigenvalue weighted by Gasteiger charge is -2.15. The Morgan fingerprint density at radius 2 is 1.85 bits per heavy atom. The second kappa shape index (κ2) is 8.78. The molecule has 10 nitrogen and oxygen atoms in total. The predicted molar refractivity (Wildman–Crippen MR) is 111 cm³/mol. The zero-order valence-electron chi connectivity index (χ0n) is 17.9. The van der Waals surface area contributed by atoms with Crippen molar-refractivity contribution >= 4 is 21.6 Å². The van der Waals surface area contributed by atoms with Crippen molar-refractivity contribution in [3.63, 3.8) is 0 Å². The number of alkyl halides is 3. The Bertz CT molecular complexity index is 1290. The van der Waals surface area contributed by atoms with Crippen LogP contribution in [-0.4, -0.2) is 59.8 Å². The smallest absolute Gasteiger partial charge is 0.434 e. The predicted octanol–water partition coefficient (Wildman–Crippen LogP) is 2.50. The molecule has 14 heteroatoms. The number of aromatic nitrogens is 4. The quantitative estimate of drug-likeness (QED) is 0.571. The molecule has 0 radical (unpaired) electrons. The van der Waals surface area contributed by atoms with Crippen LogP contribution in [0.25, 0.3) is 5.82 Å². The summed E-state index contributed by atoms with van der Waals surface area (Å²) in [5.74, 6) is -1.32. The van der Waals surface area contributed by atoms with Crippen LogP contribution >= 0.6 is 0 Å². The van der Waals surface area contributed by atoms with E-state index in [4.69, 9.17) is 4.74 Å². The monoisotopic (exact) mass is 484 g/mol. The first-order valence-electron chi connectivity index (χ1n) is 9.24. The van der Waals surface area contributed by atoms with Crippen LogP contribution in [-0.2, 0) is 16.2 Å². The SMILES string of the molecule is COc1ccc(-n2ncc(C(=O)Nc3cc(S(=O)(=O)N(C)C)ccc3C)c2C(F)(F)F)nn1. The highest BCUT2D eigenvalue weighted by Gasteiger charge is 2.41. The minimum absolute atomic E-state index is 0.0352. The minimum atomic E-state index is -4.96. The van der Waals surface area contributed by atoms with Crippen molar-refractivity contribution in [2.75, 3.05) is 26.5 Å². The number of hydrogen-bond acceptors (Lipinski definition) is 7. The number of benzene rings is 1. The number of methoxy groups -OCH3 is 1. The first-order chi connectivity index (χ1) is 15.4. The lowest BCUT2D eigenvalue weighted by atomic mass is 10.1. The summed E-state index contributed by atoms with van der Waals surface area (Å²) in [5.41, 5.74) is -1.66. The molecule has 1 N–H and O–H groups in total. The van der Waals surface area contributed by atoms with E-state index < -0.39 is 33.4 Å². The van der Waals surface area contributed by atoms with Gasteiger partial charge in [0, 0.05) is 25.8 Å². The fourth-order valence-corrected chi connectivity index (χ4v) is 3.72. The molecule has 0 bridgehead atoms. The van der Waals surface area contributed by atoms with Crippen molar-refractivity contribution in [1.82, 2.24) is 24.3 Å². The largest absolute Gasteiger partial charge is 0.480 e. The normalized spacial score (nSPS) is 12.1. The molecule has 0 saturated heterocycles. The molecule has 0 unspecified atom stereocenters. The second-order valence-corrected chi connectivity index (χ2v) is 9.12. The number of amides is 1. The fourth-order valence-electron chi connectivity index (χ4n) is 2.79. The first-order valence-corrected chi connectivity index (χ1v) is 10.7. The van der Waals surface area contributed by atoms with Gasteiger partial charge in [-0.15, -0.1) is 10.2 Å². The summed E-state index contributed by atoms with van der Waals surface area (Å²) in [6.07, 6.45) is -4.21. The lowest BCUT2D eigenvalue weighted by Crippen LogP contribution is -2.23. The molecule has 2 heterocycles. The van der Waals surface area contributed by atoms with Gasteiger partial charge in [0.25, 0.3) is 5.91 Å². The van der Waals surface area contributed by atoms with Crippen LogP contribution in [0.2, 0.25) is 0 Å². The van der Waals surface area contributed by atoms with Gasteiger partial charge in [-0.25, -0.2) is 17.4 Å². The Balaban J connectivity index is 2.02. The van der Waals surface area contributed by atoms with E-state index in [9.17, 15) is 26.4 Å². The number of sulfonamides is 1. The first kappa shape index (κ1) is 24.1. The highest BCUT2D eigenvalue weighted by molar-refractivity contribution is 7.89. The molecular formula is C19H19F3N6O4S. The summed E-state index contributed by atoms with van der Waals surface area (Å²) >= 11 is 0. The zero-order valence-corrected chi connectivity index (χ0v) is 18.7. The summed E-state index contributed by atoms with van der Waals surface area (Å²) in [5, 5.41) is 13.3. The van der Waals surface area contributed by atoms with Gasteiger partial charge in [0.1, 0.15) is 0 Å². The molecule has 0 spiro atoms. The van der Waals surface area contributed by atoms with Gasteiger partial charge < -0.3 is 10.1 Å². The number of carbonyl (C=O) groups excluding carboxylic acids is 1. The van der Waals surface area contributed by atoms with Crippen LogP contribution in [0.1, 0.15) is 21.6 Å². The van der Waals surface area contributed by atoms with Crippen LogP contribution in [0.15, 0.2) is 41.4 Å². The maximum absolute atomic E-state index is 13.9. The van der Waals surface area contributed by atoms with E-state index in [1.54, 1.807) is 6.92 Å². The van der Waals surface area contributed by atoms with Crippen molar-refractivity contribution in [3.8, 4) is 11.7 Å². The number of nitrogens with zero attached hydrogens (tertiary/aromatic N) is 5. The molecule has 0 aliphatic rings. The molecular weight excluding hydrogens is 465 g/mol. The van der Waals surface area contributed by atoms with Gasteiger partial charge in [-0.3, -0.25) is 4.79 Å².